The van der Waals surface area contributed by atoms with E-state index >= 15 is 0 Å². The SMILES string of the molecule is Cn1c2[n+](c3c1nc1cccnn13)Cc1cccnc1-2.[2H]C([2H])([2H])n1c2[n+](c3c1nc1cccnn13)Cc1cccnc1-2.c1ccc(-n2c3[n+](c4c2nc2cccnn24)Cc2cccnc2-3)cc1.c1cnc2c(c1)C[n+]1c-2sc2c1nc1ncccn12. The summed E-state index contributed by atoms with van der Waals surface area (Å²) >= 11 is 1.73. The Bertz CT molecular complexity index is 5710. The van der Waals surface area contributed by atoms with Crippen LogP contribution >= 0.6 is 11.3 Å². The van der Waals surface area contributed by atoms with Crippen LogP contribution in [0.4, 0.5) is 0 Å². The van der Waals surface area contributed by atoms with Crippen molar-refractivity contribution in [3.63, 3.8) is 0 Å². The molecule has 0 atom stereocenters. The summed E-state index contributed by atoms with van der Waals surface area (Å²) in [5.41, 5.74) is 17.9. The van der Waals surface area contributed by atoms with E-state index in [0.29, 0.717) is 35.0 Å². The van der Waals surface area contributed by atoms with Crippen LogP contribution in [-0.2, 0) is 40.2 Å². The minimum atomic E-state index is -2.35. The van der Waals surface area contributed by atoms with E-state index in [1.165, 1.54) is 26.3 Å². The standard InChI is InChI=1S/C19H13N6.2C14H11N6.C13H8N5S/c1-2-7-14(8-3-1)24-17-19(25-15(22-17)9-5-11-21-25)23-12-13-6-4-10-20-16(13)18(23)24;2*1-18-12-14(20-10(17-12)5-3-7-16-20)19-8-9-4-2-6-15-11(9)13(18)19;1-3-8-7-18-10-12(19-11(18)9(8)14-4-1)17-6-2-5-15-13(17)16-10/h1-11H,12H2;2*2-7H,8H2,1H3;1-6H,7H2/q4*+1/i;1D3;;. The average molecular weight is 1120 g/mol. The van der Waals surface area contributed by atoms with Crippen molar-refractivity contribution in [1.82, 2.24) is 91.8 Å². The van der Waals surface area contributed by atoms with Crippen LogP contribution in [0.2, 0.25) is 0 Å². The first-order chi connectivity index (χ1) is 42.7. The molecule has 0 radical (unpaired) electrons. The fourth-order valence-corrected chi connectivity index (χ4v) is 13.5. The molecule has 4 aliphatic rings. The smallest absolute Gasteiger partial charge is 0.251 e. The van der Waals surface area contributed by atoms with Gasteiger partial charge in [-0.2, -0.15) is 19.9 Å². The molecular formula is C60H43N23S+4. The number of hydrogen-bond acceptors (Lipinski definition) is 13. The van der Waals surface area contributed by atoms with Crippen LogP contribution in [0.15, 0.2) is 177 Å². The highest BCUT2D eigenvalue weighted by molar-refractivity contribution is 7.20. The van der Waals surface area contributed by atoms with Crippen molar-refractivity contribution in [2.75, 3.05) is 0 Å². The maximum Gasteiger partial charge on any atom is 0.364 e. The summed E-state index contributed by atoms with van der Waals surface area (Å²) < 4.78 is 45.5. The molecular weight excluding hydrogens is 1070 g/mol. The molecule has 1 aromatic carbocycles. The maximum absolute atomic E-state index is 7.94. The van der Waals surface area contributed by atoms with E-state index in [1.807, 2.05) is 135 Å². The number of imidazole rings is 7. The molecule has 400 valence electrons. The van der Waals surface area contributed by atoms with Crippen molar-refractivity contribution in [3.8, 4) is 50.9 Å². The first kappa shape index (κ1) is 43.4. The van der Waals surface area contributed by atoms with Gasteiger partial charge in [0.1, 0.15) is 35.0 Å². The highest BCUT2D eigenvalue weighted by atomic mass is 32.1. The molecule has 20 heterocycles. The van der Waals surface area contributed by atoms with E-state index in [2.05, 4.69) is 108 Å². The van der Waals surface area contributed by atoms with Crippen molar-refractivity contribution in [2.24, 2.45) is 14.0 Å². The summed E-state index contributed by atoms with van der Waals surface area (Å²) in [6, 6.07) is 39.7. The molecule has 0 saturated carbocycles. The van der Waals surface area contributed by atoms with Crippen LogP contribution in [0.5, 0.6) is 0 Å². The van der Waals surface area contributed by atoms with Gasteiger partial charge in [-0.05, 0) is 60.7 Å². The monoisotopic (exact) mass is 1120 g/mol. The number of rotatable bonds is 1. The summed E-state index contributed by atoms with van der Waals surface area (Å²) in [5, 5.41) is 14.4. The number of benzene rings is 1. The van der Waals surface area contributed by atoms with E-state index < -0.39 is 6.98 Å². The Morgan fingerprint density at radius 2 is 0.905 bits per heavy atom. The maximum atomic E-state index is 7.94. The number of thiazole rings is 1. The lowest BCUT2D eigenvalue weighted by molar-refractivity contribution is -0.648. The van der Waals surface area contributed by atoms with Gasteiger partial charge in [0.15, 0.2) is 0 Å². The molecule has 0 unspecified atom stereocenters. The third kappa shape index (κ3) is 6.54. The summed E-state index contributed by atoms with van der Waals surface area (Å²) in [4.78, 5) is 42.1. The van der Waals surface area contributed by atoms with Gasteiger partial charge in [-0.3, -0.25) is 4.98 Å². The molecule has 0 spiro atoms. The van der Waals surface area contributed by atoms with Crippen molar-refractivity contribution in [3.05, 3.63) is 199 Å². The normalized spacial score (nSPS) is 13.6. The number of aryl methyl sites for hydroxylation is 2. The average Bonchev–Trinajstić information content (AvgIpc) is 1.71. The largest absolute Gasteiger partial charge is 0.364 e. The molecule has 0 N–H and O–H groups in total. The second-order valence-corrected chi connectivity index (χ2v) is 21.5. The van der Waals surface area contributed by atoms with Gasteiger partial charge in [0.2, 0.25) is 26.8 Å². The van der Waals surface area contributed by atoms with E-state index in [1.54, 1.807) is 52.9 Å². The highest BCUT2D eigenvalue weighted by Gasteiger charge is 2.40. The van der Waals surface area contributed by atoms with Gasteiger partial charge in [-0.15, -0.1) is 28.8 Å². The molecule has 0 aliphatic carbocycles. The Hall–Kier alpha value is -11.4. The molecule has 24 heteroatoms. The lowest BCUT2D eigenvalue weighted by Gasteiger charge is -2.02. The van der Waals surface area contributed by atoms with E-state index in [9.17, 15) is 0 Å². The van der Waals surface area contributed by atoms with Gasteiger partial charge >= 0.3 is 28.4 Å². The number of aromatic nitrogens is 23. The van der Waals surface area contributed by atoms with Gasteiger partial charge < -0.3 is 0 Å². The lowest BCUT2D eigenvalue weighted by Crippen LogP contribution is -2.33. The number of para-hydroxylation sites is 1. The molecule has 21 rings (SSSR count). The highest BCUT2D eigenvalue weighted by Crippen LogP contribution is 2.36. The second kappa shape index (κ2) is 17.6. The van der Waals surface area contributed by atoms with Crippen molar-refractivity contribution < 1.29 is 22.4 Å². The van der Waals surface area contributed by atoms with E-state index in [0.717, 1.165) is 110 Å². The Morgan fingerprint density at radius 3 is 1.49 bits per heavy atom. The van der Waals surface area contributed by atoms with Crippen LogP contribution in [0.3, 0.4) is 0 Å². The minimum Gasteiger partial charge on any atom is -0.251 e. The fourth-order valence-electron chi connectivity index (χ4n) is 12.3. The first-order valence-corrected chi connectivity index (χ1v) is 27.8. The number of hydrogen-bond donors (Lipinski definition) is 0. The summed E-state index contributed by atoms with van der Waals surface area (Å²) in [7, 11) is 2.03. The Morgan fingerprint density at radius 1 is 0.440 bits per heavy atom. The summed E-state index contributed by atoms with van der Waals surface area (Å²) in [6.07, 6.45) is 16.2. The zero-order valence-electron chi connectivity index (χ0n) is 47.3. The molecule has 0 saturated heterocycles. The number of pyridine rings is 4. The third-order valence-corrected chi connectivity index (χ3v) is 17.0. The van der Waals surface area contributed by atoms with Gasteiger partial charge in [0.25, 0.3) is 34.4 Å². The summed E-state index contributed by atoms with van der Waals surface area (Å²) in [6.45, 7) is 0.653. The van der Waals surface area contributed by atoms with Crippen LogP contribution in [0.1, 0.15) is 26.4 Å². The van der Waals surface area contributed by atoms with Gasteiger partial charge in [-0.25, -0.2) is 51.3 Å². The van der Waals surface area contributed by atoms with Gasteiger partial charge in [0.05, 0.1) is 56.4 Å². The quantitative estimate of drug-likeness (QED) is 0.176. The van der Waals surface area contributed by atoms with Gasteiger partial charge in [0, 0.05) is 82.6 Å². The van der Waals surface area contributed by atoms with E-state index in [4.69, 9.17) is 9.10 Å². The van der Waals surface area contributed by atoms with Crippen LogP contribution in [-0.4, -0.2) is 91.8 Å². The fraction of sp³-hybridized carbons (Fsp3) is 0.100. The topological polar surface area (TPSA) is 203 Å². The van der Waals surface area contributed by atoms with Gasteiger partial charge in [-0.1, -0.05) is 53.8 Å². The molecule has 0 amide bonds. The third-order valence-electron chi connectivity index (χ3n) is 15.8. The molecule has 0 bridgehead atoms. The molecule has 0 fully saturated rings. The molecule has 16 aromatic heterocycles. The minimum absolute atomic E-state index is 0.398. The van der Waals surface area contributed by atoms with Crippen molar-refractivity contribution >= 4 is 78.4 Å². The Balaban J connectivity index is 0.0000000877. The molecule has 23 nitrogen and oxygen atoms in total. The predicted octanol–water partition coefficient (Wildman–Crippen LogP) is 5.90. The van der Waals surface area contributed by atoms with Crippen molar-refractivity contribution in [2.45, 2.75) is 26.2 Å². The lowest BCUT2D eigenvalue weighted by atomic mass is 10.2. The van der Waals surface area contributed by atoms with Crippen molar-refractivity contribution in [1.29, 1.82) is 0 Å². The second-order valence-electron chi connectivity index (χ2n) is 20.5. The summed E-state index contributed by atoms with van der Waals surface area (Å²) in [5.74, 6) is 3.46. The Kier molecular flexibility index (Phi) is 9.07. The molecule has 17 aromatic rings. The first-order valence-electron chi connectivity index (χ1n) is 28.5. The predicted molar refractivity (Wildman–Crippen MR) is 307 cm³/mol. The van der Waals surface area contributed by atoms with Crippen LogP contribution in [0.25, 0.3) is 118 Å². The zero-order valence-corrected chi connectivity index (χ0v) is 45.1. The van der Waals surface area contributed by atoms with Crippen LogP contribution in [0, 0.1) is 0 Å². The Labute approximate surface area is 481 Å². The number of fused-ring (bicyclic) bond motifs is 28. The molecule has 4 aliphatic heterocycles. The zero-order chi connectivity index (χ0) is 57.8. The number of nitrogens with zero attached hydrogens (tertiary/aromatic N) is 23. The van der Waals surface area contributed by atoms with E-state index in [-0.39, 0.29) is 0 Å². The molecule has 84 heavy (non-hydrogen) atoms. The van der Waals surface area contributed by atoms with Crippen LogP contribution < -0.4 is 18.3 Å².